The van der Waals surface area contributed by atoms with E-state index in [-0.39, 0.29) is 5.91 Å². The van der Waals surface area contributed by atoms with Gasteiger partial charge < -0.3 is 9.88 Å². The maximum atomic E-state index is 12.9. The topological polar surface area (TPSA) is 37.3 Å². The molecule has 1 saturated heterocycles. The molecule has 2 bridgehead atoms. The summed E-state index contributed by atoms with van der Waals surface area (Å²) in [6.45, 7) is 0.424. The van der Waals surface area contributed by atoms with E-state index in [4.69, 9.17) is 11.6 Å². The van der Waals surface area contributed by atoms with E-state index in [0.29, 0.717) is 24.7 Å². The molecule has 1 aromatic heterocycles. The molecule has 28 heavy (non-hydrogen) atoms. The molecule has 1 N–H and O–H groups in total. The van der Waals surface area contributed by atoms with Crippen molar-refractivity contribution >= 4 is 28.4 Å². The predicted molar refractivity (Wildman–Crippen MR) is 114 cm³/mol. The first-order chi connectivity index (χ1) is 13.6. The van der Waals surface area contributed by atoms with Gasteiger partial charge in [-0.1, -0.05) is 30.9 Å². The van der Waals surface area contributed by atoms with Crippen molar-refractivity contribution < 1.29 is 4.79 Å². The Kier molecular flexibility index (Phi) is 4.88. The maximum Gasteiger partial charge on any atom is 0.240 e. The molecule has 2 unspecified atom stereocenters. The normalized spacial score (nSPS) is 25.6. The van der Waals surface area contributed by atoms with Crippen LogP contribution < -0.4 is 5.32 Å². The van der Waals surface area contributed by atoms with Crippen LogP contribution in [-0.4, -0.2) is 34.5 Å². The van der Waals surface area contributed by atoms with Gasteiger partial charge in [-0.2, -0.15) is 0 Å². The molecular weight excluding hydrogens is 370 g/mol. The summed E-state index contributed by atoms with van der Waals surface area (Å²) in [6, 6.07) is 7.57. The Morgan fingerprint density at radius 1 is 1.14 bits per heavy atom. The fraction of sp³-hybridized carbons (Fsp3) is 0.609. The molecule has 1 aliphatic carbocycles. The van der Waals surface area contributed by atoms with Crippen molar-refractivity contribution in [1.29, 1.82) is 0 Å². The van der Waals surface area contributed by atoms with Gasteiger partial charge in [0.25, 0.3) is 0 Å². The molecule has 5 heteroatoms. The summed E-state index contributed by atoms with van der Waals surface area (Å²) in [5, 5.41) is 5.32. The summed E-state index contributed by atoms with van der Waals surface area (Å²) in [6.07, 6.45) is 10.8. The van der Waals surface area contributed by atoms with Crippen LogP contribution in [0.1, 0.15) is 68.7 Å². The average Bonchev–Trinajstić information content (AvgIpc) is 2.95. The zero-order chi connectivity index (χ0) is 19.3. The lowest BCUT2D eigenvalue weighted by atomic mass is 9.82. The Labute approximate surface area is 172 Å². The summed E-state index contributed by atoms with van der Waals surface area (Å²) in [4.78, 5) is 15.5. The van der Waals surface area contributed by atoms with Crippen molar-refractivity contribution in [3.8, 4) is 0 Å². The average molecular weight is 400 g/mol. The van der Waals surface area contributed by atoms with Gasteiger partial charge in [-0.3, -0.25) is 9.69 Å². The number of hydrogen-bond acceptors (Lipinski definition) is 2. The molecule has 1 amide bonds. The Hall–Kier alpha value is -1.52. The molecule has 150 valence electrons. The lowest BCUT2D eigenvalue weighted by molar-refractivity contribution is -0.122. The zero-order valence-corrected chi connectivity index (χ0v) is 17.5. The molecule has 3 heterocycles. The van der Waals surface area contributed by atoms with E-state index in [2.05, 4.69) is 34.0 Å². The predicted octanol–water partition coefficient (Wildman–Crippen LogP) is 4.83. The molecule has 0 spiro atoms. The van der Waals surface area contributed by atoms with Crippen molar-refractivity contribution in [1.82, 2.24) is 14.8 Å². The quantitative estimate of drug-likeness (QED) is 0.802. The fourth-order valence-corrected chi connectivity index (χ4v) is 6.04. The maximum absolute atomic E-state index is 12.9. The van der Waals surface area contributed by atoms with Crippen molar-refractivity contribution in [3.05, 3.63) is 34.5 Å². The number of benzene rings is 1. The summed E-state index contributed by atoms with van der Waals surface area (Å²) < 4.78 is 2.29. The highest BCUT2D eigenvalue weighted by atomic mass is 35.5. The van der Waals surface area contributed by atoms with E-state index in [1.165, 1.54) is 55.2 Å². The molecule has 5 rings (SSSR count). The fourth-order valence-electron chi connectivity index (χ4n) is 5.87. The van der Waals surface area contributed by atoms with E-state index in [1.807, 2.05) is 6.07 Å². The highest BCUT2D eigenvalue weighted by molar-refractivity contribution is 6.31. The number of halogens is 1. The highest BCUT2D eigenvalue weighted by Crippen LogP contribution is 2.45. The number of rotatable bonds is 3. The van der Waals surface area contributed by atoms with Gasteiger partial charge >= 0.3 is 0 Å². The standard InChI is InChI=1S/C23H30ClN3O/c1-26-17-8-5-9-20(26)23-18-12-15(24)10-11-19(18)27(21(23)13-17)14-22(28)25-16-6-3-2-4-7-16/h10-12,16-17,20H,2-9,13-14H2,1H3,(H,25,28). The molecule has 3 aliphatic rings. The van der Waals surface area contributed by atoms with Gasteiger partial charge in [-0.25, -0.2) is 0 Å². The molecule has 4 nitrogen and oxygen atoms in total. The highest BCUT2D eigenvalue weighted by Gasteiger charge is 2.38. The van der Waals surface area contributed by atoms with Gasteiger partial charge in [0.05, 0.1) is 0 Å². The summed E-state index contributed by atoms with van der Waals surface area (Å²) in [7, 11) is 2.26. The van der Waals surface area contributed by atoms with Crippen LogP contribution in [0.25, 0.3) is 10.9 Å². The van der Waals surface area contributed by atoms with Gasteiger partial charge in [0.2, 0.25) is 5.91 Å². The second kappa shape index (κ2) is 7.38. The second-order valence-electron chi connectivity index (χ2n) is 8.98. The number of aromatic nitrogens is 1. The number of nitrogens with one attached hydrogen (secondary N) is 1. The Bertz CT molecular complexity index is 899. The Balaban J connectivity index is 1.52. The van der Waals surface area contributed by atoms with Crippen molar-refractivity contribution in [2.45, 2.75) is 82.5 Å². The van der Waals surface area contributed by atoms with Crippen LogP contribution in [0.15, 0.2) is 18.2 Å². The first-order valence-electron chi connectivity index (χ1n) is 10.9. The van der Waals surface area contributed by atoms with E-state index in [9.17, 15) is 4.79 Å². The molecule has 1 saturated carbocycles. The van der Waals surface area contributed by atoms with E-state index in [0.717, 1.165) is 29.8 Å². The van der Waals surface area contributed by atoms with Gasteiger partial charge in [-0.15, -0.1) is 0 Å². The van der Waals surface area contributed by atoms with Crippen molar-refractivity contribution in [2.75, 3.05) is 7.05 Å². The van der Waals surface area contributed by atoms with Gasteiger partial charge in [0, 0.05) is 46.2 Å². The third-order valence-corrected chi connectivity index (χ3v) is 7.53. The number of fused-ring (bicyclic) bond motifs is 6. The van der Waals surface area contributed by atoms with Crippen molar-refractivity contribution in [3.63, 3.8) is 0 Å². The van der Waals surface area contributed by atoms with E-state index >= 15 is 0 Å². The third kappa shape index (κ3) is 3.15. The first-order valence-corrected chi connectivity index (χ1v) is 11.3. The summed E-state index contributed by atoms with van der Waals surface area (Å²) >= 11 is 6.37. The Morgan fingerprint density at radius 2 is 1.96 bits per heavy atom. The Morgan fingerprint density at radius 3 is 2.79 bits per heavy atom. The third-order valence-electron chi connectivity index (χ3n) is 7.29. The number of hydrogen-bond donors (Lipinski definition) is 1. The molecule has 2 atom stereocenters. The van der Waals surface area contributed by atoms with Crippen LogP contribution in [0.4, 0.5) is 0 Å². The number of piperidine rings is 1. The summed E-state index contributed by atoms with van der Waals surface area (Å²) in [5.41, 5.74) is 3.94. The van der Waals surface area contributed by atoms with Crippen LogP contribution in [0.2, 0.25) is 5.02 Å². The number of carbonyl (C=O) groups is 1. The molecule has 0 radical (unpaired) electrons. The zero-order valence-electron chi connectivity index (χ0n) is 16.7. The molecular formula is C23H30ClN3O. The van der Waals surface area contributed by atoms with Crippen LogP contribution in [-0.2, 0) is 17.8 Å². The van der Waals surface area contributed by atoms with Crippen molar-refractivity contribution in [2.24, 2.45) is 0 Å². The molecule has 1 aromatic carbocycles. The first kappa shape index (κ1) is 18.5. The molecule has 2 fully saturated rings. The monoisotopic (exact) mass is 399 g/mol. The van der Waals surface area contributed by atoms with Crippen LogP contribution in [0.3, 0.4) is 0 Å². The number of amides is 1. The minimum atomic E-state index is 0.158. The lowest BCUT2D eigenvalue weighted by Gasteiger charge is -2.44. The molecule has 2 aromatic rings. The minimum Gasteiger partial charge on any atom is -0.352 e. The van der Waals surface area contributed by atoms with E-state index in [1.54, 1.807) is 0 Å². The lowest BCUT2D eigenvalue weighted by Crippen LogP contribution is -2.45. The minimum absolute atomic E-state index is 0.158. The van der Waals surface area contributed by atoms with Crippen LogP contribution in [0.5, 0.6) is 0 Å². The largest absolute Gasteiger partial charge is 0.352 e. The van der Waals surface area contributed by atoms with Crippen LogP contribution >= 0.6 is 11.6 Å². The smallest absolute Gasteiger partial charge is 0.240 e. The van der Waals surface area contributed by atoms with Gasteiger partial charge in [0.1, 0.15) is 6.54 Å². The van der Waals surface area contributed by atoms with Gasteiger partial charge in [-0.05, 0) is 62.9 Å². The second-order valence-corrected chi connectivity index (χ2v) is 9.42. The SMILES string of the molecule is CN1C2CCCC1c1c(n(CC(=O)NC3CCCCC3)c3ccc(Cl)cc13)C2. The van der Waals surface area contributed by atoms with E-state index < -0.39 is 0 Å². The summed E-state index contributed by atoms with van der Waals surface area (Å²) in [5.74, 6) is 0.158. The number of likely N-dealkylation sites (N-methyl/N-ethyl adjacent to an activating group) is 1. The molecule has 2 aliphatic heterocycles. The number of carbonyl (C=O) groups excluding carboxylic acids is 1. The number of nitrogens with zero attached hydrogens (tertiary/aromatic N) is 2. The van der Waals surface area contributed by atoms with Gasteiger partial charge in [0.15, 0.2) is 0 Å². The van der Waals surface area contributed by atoms with Crippen LogP contribution in [0, 0.1) is 0 Å².